The van der Waals surface area contributed by atoms with Gasteiger partial charge in [0.05, 0.1) is 27.9 Å². The fraction of sp³-hybridized carbons (Fsp3) is 0.00820. The minimum absolute atomic E-state index is 0.0536. The van der Waals surface area contributed by atoms with Gasteiger partial charge >= 0.3 is 5.97 Å². The zero-order valence-electron chi connectivity index (χ0n) is 81.8. The van der Waals surface area contributed by atoms with Gasteiger partial charge in [-0.25, -0.2) is 4.79 Å². The summed E-state index contributed by atoms with van der Waals surface area (Å²) in [6.07, 6.45) is 0. The summed E-state index contributed by atoms with van der Waals surface area (Å²) in [5, 5.41) is 0. The van der Waals surface area contributed by atoms with Gasteiger partial charge in [-0.15, -0.1) is 0 Å². The first kappa shape index (κ1) is 70.8. The number of hydrogen-bond acceptors (Lipinski definition) is 12. The predicted molar refractivity (Wildman–Crippen MR) is 568 cm³/mol. The predicted octanol–water partition coefficient (Wildman–Crippen LogP) is 25.8. The zero-order chi connectivity index (χ0) is 97.3. The minimum Gasteiger partial charge on any atom is -0.457 e. The highest BCUT2D eigenvalue weighted by Gasteiger charge is 2.57. The Bertz CT molecular complexity index is 8470. The molecule has 0 N–H and O–H groups in total. The van der Waals surface area contributed by atoms with Crippen molar-refractivity contribution >= 4 is 229 Å². The van der Waals surface area contributed by atoms with Crippen LogP contribution in [0.5, 0.6) is 11.5 Å². The van der Waals surface area contributed by atoms with Gasteiger partial charge in [0.2, 0.25) is 0 Å². The molecule has 0 unspecified atom stereocenters. The standard InChI is InChI=1S/C122H82B3N9O3/c135-122(136-81-82-40-14-1-15-41-82)83-70-110-116-111(71-83)132(94-62-36-12-37-63-94)108-79-109-103(78-102(108)123(116)100-72-96(66-68-106(100)130(110)92-58-32-10-33-59-92)126(84-42-16-2-17-43-84)85-44-18-3-19-45-85)125-105-75-99(129(90-54-28-8-29-55-90)91-56-30-9-31-57-91)77-115-120(105)134-119-104(74-98(76-114(119)137-115)128(88-50-24-6-25-51-88)89-52-26-7-27-53-89)124-101-73-97(127(86-46-20-4-21-47-86)87-48-22-5-23-49-87)67-69-107(101)131(93-60-34-11-35-61-93)112-80-113(118(125)121(134)117(112)124)133(109)95-64-38-13-39-65-95/h1-80H,81H2/i32D,33D,34D,35D,36D,37D,38D,39D. The number of rotatable bonds is 19. The van der Waals surface area contributed by atoms with Crippen LogP contribution in [-0.2, 0) is 11.3 Å². The molecule has 27 rings (SSSR count). The summed E-state index contributed by atoms with van der Waals surface area (Å²) in [5.41, 5.74) is 28.8. The molecule has 0 fully saturated rings. The highest BCUT2D eigenvalue weighted by Crippen LogP contribution is 2.60. The molecule has 642 valence electrons. The fourth-order valence-electron chi connectivity index (χ4n) is 22.1. The molecule has 137 heavy (non-hydrogen) atoms. The summed E-state index contributed by atoms with van der Waals surface area (Å²) in [4.78, 5) is 36.2. The number of anilines is 27. The molecule has 0 atom stereocenters. The summed E-state index contributed by atoms with van der Waals surface area (Å²) in [7, 11) is 0. The minimum atomic E-state index is -0.803. The third kappa shape index (κ3) is 12.8. The average Bonchev–Trinajstić information content (AvgIpc) is 0.653. The Morgan fingerprint density at radius 2 is 0.518 bits per heavy atom. The summed E-state index contributed by atoms with van der Waals surface area (Å²) in [6, 6.07) is 147. The van der Waals surface area contributed by atoms with Crippen LogP contribution in [-0.4, -0.2) is 26.1 Å². The monoisotopic (exact) mass is 1760 g/mol. The van der Waals surface area contributed by atoms with Crippen LogP contribution in [0.2, 0.25) is 0 Å². The molecule has 12 nitrogen and oxygen atoms in total. The fourth-order valence-corrected chi connectivity index (χ4v) is 22.1. The van der Waals surface area contributed by atoms with E-state index in [1.807, 2.05) is 140 Å². The molecule has 0 saturated carbocycles. The Labute approximate surface area is 807 Å². The van der Waals surface area contributed by atoms with Crippen LogP contribution >= 0.6 is 0 Å². The number of nitrogens with zero attached hydrogens (tertiary/aromatic N) is 9. The van der Waals surface area contributed by atoms with Crippen molar-refractivity contribution < 1.29 is 25.2 Å². The number of esters is 1. The number of hydrogen-bond donors (Lipinski definition) is 0. The molecular formula is C122H82B3N9O3. The lowest BCUT2D eigenvalue weighted by Gasteiger charge is -2.53. The van der Waals surface area contributed by atoms with Crippen molar-refractivity contribution in [2.45, 2.75) is 6.61 Å². The Morgan fingerprint density at radius 1 is 0.241 bits per heavy atom. The Morgan fingerprint density at radius 3 is 0.854 bits per heavy atom. The second-order valence-electron chi connectivity index (χ2n) is 35.2. The van der Waals surface area contributed by atoms with Crippen LogP contribution in [0.3, 0.4) is 0 Å². The van der Waals surface area contributed by atoms with Crippen LogP contribution in [0.1, 0.15) is 26.9 Å². The molecule has 20 aromatic rings. The van der Waals surface area contributed by atoms with E-state index in [4.69, 9.17) is 9.47 Å². The number of fused-ring (bicyclic) bond motifs is 10. The van der Waals surface area contributed by atoms with E-state index in [-0.39, 0.29) is 60.5 Å². The first-order valence-electron chi connectivity index (χ1n) is 50.1. The van der Waals surface area contributed by atoms with E-state index < -0.39 is 26.1 Å². The first-order valence-corrected chi connectivity index (χ1v) is 46.1. The Balaban J connectivity index is 0.812. The number of carbonyl (C=O) groups is 1. The molecule has 0 radical (unpaired) electrons. The molecule has 7 aliphatic heterocycles. The van der Waals surface area contributed by atoms with E-state index in [9.17, 15) is 11.0 Å². The molecular weight excluding hydrogens is 1670 g/mol. The topological polar surface area (TPSA) is 64.7 Å². The van der Waals surface area contributed by atoms with E-state index >= 15 is 4.79 Å². The van der Waals surface area contributed by atoms with Crippen LogP contribution < -0.4 is 98.0 Å². The van der Waals surface area contributed by atoms with Crippen molar-refractivity contribution in [2.75, 3.05) is 44.1 Å². The maximum absolute atomic E-state index is 15.9. The van der Waals surface area contributed by atoms with Crippen LogP contribution in [0, 0.1) is 0 Å². The van der Waals surface area contributed by atoms with Crippen LogP contribution in [0.4, 0.5) is 154 Å². The molecule has 0 bridgehead atoms. The maximum atomic E-state index is 15.9. The normalized spacial score (nSPS) is 13.8. The van der Waals surface area contributed by atoms with Crippen LogP contribution in [0.15, 0.2) is 485 Å². The average molecular weight is 1760 g/mol. The number of benzene rings is 20. The zero-order valence-corrected chi connectivity index (χ0v) is 73.8. The van der Waals surface area contributed by atoms with Crippen molar-refractivity contribution in [3.63, 3.8) is 0 Å². The van der Waals surface area contributed by atoms with E-state index in [2.05, 4.69) is 293 Å². The third-order valence-corrected chi connectivity index (χ3v) is 27.5. The van der Waals surface area contributed by atoms with Gasteiger partial charge in [0.25, 0.3) is 20.1 Å². The lowest BCUT2D eigenvalue weighted by atomic mass is 9.27. The number of carbonyl (C=O) groups excluding carboxylic acids is 1. The first-order chi connectivity index (χ1) is 71.1. The third-order valence-electron chi connectivity index (χ3n) is 27.5. The molecule has 0 spiro atoms. The largest absolute Gasteiger partial charge is 0.457 e. The lowest BCUT2D eigenvalue weighted by Crippen LogP contribution is -2.69. The van der Waals surface area contributed by atoms with Gasteiger partial charge in [-0.3, -0.25) is 0 Å². The number of para-hydroxylation sites is 12. The van der Waals surface area contributed by atoms with E-state index in [1.54, 1.807) is 36.4 Å². The molecule has 0 aliphatic carbocycles. The van der Waals surface area contributed by atoms with Crippen molar-refractivity contribution in [2.24, 2.45) is 0 Å². The second-order valence-corrected chi connectivity index (χ2v) is 35.2. The van der Waals surface area contributed by atoms with E-state index in [0.717, 1.165) is 151 Å². The summed E-state index contributed by atoms with van der Waals surface area (Å²) < 4.78 is 93.1. The quantitative estimate of drug-likeness (QED) is 0.0572. The highest BCUT2D eigenvalue weighted by molar-refractivity contribution is 7.06. The van der Waals surface area contributed by atoms with Gasteiger partial charge < -0.3 is 53.6 Å². The van der Waals surface area contributed by atoms with Crippen molar-refractivity contribution in [1.29, 1.82) is 0 Å². The van der Waals surface area contributed by atoms with Crippen LogP contribution in [0.25, 0.3) is 0 Å². The maximum Gasteiger partial charge on any atom is 0.338 e. The van der Waals surface area contributed by atoms with Gasteiger partial charge in [-0.2, -0.15) is 0 Å². The molecule has 7 heterocycles. The molecule has 20 aromatic carbocycles. The van der Waals surface area contributed by atoms with Crippen molar-refractivity contribution in [3.05, 3.63) is 496 Å². The molecule has 15 heteroatoms. The summed E-state index contributed by atoms with van der Waals surface area (Å²) in [6.45, 7) is -2.33. The van der Waals surface area contributed by atoms with E-state index in [0.29, 0.717) is 68.4 Å². The SMILES string of the molecule is [2H]c1cc([2H])cc(N2c3ccc(N(c4ccccc4)c4ccccc4)cc3B3c4cc5c(cc4N(c4cc([2H])cc([2H])c4)c4cc(C(=O)OCc6ccccc6)cc2c43)N(c2cc([2H])cc([2H])c2)c2cc3c4c6c2B5c2cc(N(c5ccccc5)c5ccccc5)cc5c2N6c2c(cc(N(c6ccccc6)c6ccccc6)cc2B4c2cc(N(c4ccccc4)c4ccccc4)ccc2N3c2cc([2H])cc([2H])c2)O5)c1. The van der Waals surface area contributed by atoms with Gasteiger partial charge in [0.1, 0.15) is 6.61 Å². The second kappa shape index (κ2) is 32.2. The summed E-state index contributed by atoms with van der Waals surface area (Å²) >= 11 is 0. The van der Waals surface area contributed by atoms with Gasteiger partial charge in [-0.05, 0) is 273 Å². The lowest BCUT2D eigenvalue weighted by molar-refractivity contribution is 0.0472. The molecule has 0 aromatic heterocycles. The smallest absolute Gasteiger partial charge is 0.338 e. The Hall–Kier alpha value is -17.9. The van der Waals surface area contributed by atoms with Crippen molar-refractivity contribution in [3.8, 4) is 11.5 Å². The molecule has 0 saturated heterocycles. The van der Waals surface area contributed by atoms with Gasteiger partial charge in [0.15, 0.2) is 11.5 Å². The van der Waals surface area contributed by atoms with Crippen molar-refractivity contribution in [1.82, 2.24) is 0 Å². The molecule has 0 amide bonds. The van der Waals surface area contributed by atoms with Gasteiger partial charge in [-0.1, -0.05) is 255 Å². The number of ether oxygens (including phenoxy) is 2. The Kier molecular flexibility index (Phi) is 16.7. The molecule has 7 aliphatic rings. The van der Waals surface area contributed by atoms with E-state index in [1.165, 1.54) is 12.1 Å². The van der Waals surface area contributed by atoms with Gasteiger partial charge in [0, 0.05) is 154 Å². The highest BCUT2D eigenvalue weighted by atomic mass is 16.5. The summed E-state index contributed by atoms with van der Waals surface area (Å²) in [5.74, 6) is 0.505.